The van der Waals surface area contributed by atoms with Crippen LogP contribution in [0.3, 0.4) is 0 Å². The Balaban J connectivity index is 0.00000484. The lowest BCUT2D eigenvalue weighted by atomic mass is 10.2. The zero-order valence-electron chi connectivity index (χ0n) is 14.4. The van der Waals surface area contributed by atoms with Gasteiger partial charge in [0.1, 0.15) is 0 Å². The minimum Gasteiger partial charge on any atom is -0.385 e. The van der Waals surface area contributed by atoms with E-state index in [1.807, 2.05) is 24.9 Å². The maximum absolute atomic E-state index is 5.05. The minimum atomic E-state index is 0. The summed E-state index contributed by atoms with van der Waals surface area (Å²) < 4.78 is 5.05. The molecule has 0 saturated heterocycles. The molecule has 0 spiro atoms. The van der Waals surface area contributed by atoms with Gasteiger partial charge in [0.15, 0.2) is 5.96 Å². The van der Waals surface area contributed by atoms with Crippen LogP contribution in [-0.2, 0) is 4.74 Å². The maximum Gasteiger partial charge on any atom is 0.191 e. The Morgan fingerprint density at radius 1 is 1.17 bits per heavy atom. The molecule has 0 saturated carbocycles. The summed E-state index contributed by atoms with van der Waals surface area (Å²) in [6.07, 6.45) is 3.44. The molecule has 0 radical (unpaired) electrons. The Morgan fingerprint density at radius 3 is 2.57 bits per heavy atom. The monoisotopic (exact) mass is 451 g/mol. The molecule has 0 aliphatic rings. The predicted molar refractivity (Wildman–Crippen MR) is 112 cm³/mol. The van der Waals surface area contributed by atoms with Crippen LogP contribution in [0.25, 0.3) is 0 Å². The van der Waals surface area contributed by atoms with Crippen molar-refractivity contribution < 1.29 is 4.74 Å². The van der Waals surface area contributed by atoms with Gasteiger partial charge in [-0.15, -0.1) is 35.7 Å². The van der Waals surface area contributed by atoms with Gasteiger partial charge >= 0.3 is 0 Å². The van der Waals surface area contributed by atoms with E-state index < -0.39 is 0 Å². The Kier molecular flexibility index (Phi) is 14.8. The molecule has 132 valence electrons. The van der Waals surface area contributed by atoms with Crippen LogP contribution < -0.4 is 10.6 Å². The third-order valence-electron chi connectivity index (χ3n) is 3.18. The van der Waals surface area contributed by atoms with Crippen LogP contribution in [0.2, 0.25) is 0 Å². The molecule has 0 bridgehead atoms. The van der Waals surface area contributed by atoms with Gasteiger partial charge in [0.25, 0.3) is 0 Å². The van der Waals surface area contributed by atoms with Crippen molar-refractivity contribution in [1.82, 2.24) is 10.6 Å². The lowest BCUT2D eigenvalue weighted by Crippen LogP contribution is -2.40. The van der Waals surface area contributed by atoms with Crippen molar-refractivity contribution in [3.63, 3.8) is 0 Å². The second-order valence-corrected chi connectivity index (χ2v) is 6.69. The van der Waals surface area contributed by atoms with E-state index in [0.717, 1.165) is 38.5 Å². The number of rotatable bonds is 10. The van der Waals surface area contributed by atoms with Crippen LogP contribution in [0.5, 0.6) is 0 Å². The molecule has 0 aliphatic heterocycles. The fourth-order valence-electron chi connectivity index (χ4n) is 1.99. The Hall–Kier alpha value is -0.470. The highest BCUT2D eigenvalue weighted by molar-refractivity contribution is 14.0. The van der Waals surface area contributed by atoms with Gasteiger partial charge in [-0.1, -0.05) is 25.1 Å². The first-order valence-electron chi connectivity index (χ1n) is 7.91. The largest absolute Gasteiger partial charge is 0.385 e. The van der Waals surface area contributed by atoms with Crippen molar-refractivity contribution in [2.75, 3.05) is 33.9 Å². The van der Waals surface area contributed by atoms with Gasteiger partial charge < -0.3 is 15.4 Å². The van der Waals surface area contributed by atoms with Crippen molar-refractivity contribution in [2.24, 2.45) is 4.99 Å². The van der Waals surface area contributed by atoms with Crippen LogP contribution in [0, 0.1) is 0 Å². The maximum atomic E-state index is 5.05. The van der Waals surface area contributed by atoms with Crippen molar-refractivity contribution in [3.8, 4) is 0 Å². The molecular weight excluding hydrogens is 421 g/mol. The Labute approximate surface area is 162 Å². The summed E-state index contributed by atoms with van der Waals surface area (Å²) in [5.74, 6) is 0.882. The van der Waals surface area contributed by atoms with Gasteiger partial charge in [-0.25, -0.2) is 0 Å². The average Bonchev–Trinajstić information content (AvgIpc) is 2.54. The second kappa shape index (κ2) is 15.1. The number of hydrogen-bond acceptors (Lipinski definition) is 3. The summed E-state index contributed by atoms with van der Waals surface area (Å²) in [5, 5.41) is 7.23. The molecule has 6 heteroatoms. The Morgan fingerprint density at radius 2 is 1.91 bits per heavy atom. The smallest absolute Gasteiger partial charge is 0.191 e. The number of nitrogens with one attached hydrogen (secondary N) is 2. The van der Waals surface area contributed by atoms with Gasteiger partial charge in [-0.3, -0.25) is 4.99 Å². The summed E-state index contributed by atoms with van der Waals surface area (Å²) in [6.45, 7) is 4.91. The van der Waals surface area contributed by atoms with Crippen molar-refractivity contribution in [1.29, 1.82) is 0 Å². The molecule has 2 N–H and O–H groups in total. The van der Waals surface area contributed by atoms with Crippen LogP contribution in [0.4, 0.5) is 0 Å². The van der Waals surface area contributed by atoms with E-state index in [0.29, 0.717) is 5.25 Å². The first-order valence-corrected chi connectivity index (χ1v) is 8.79. The molecule has 0 aliphatic carbocycles. The van der Waals surface area contributed by atoms with E-state index >= 15 is 0 Å². The van der Waals surface area contributed by atoms with Crippen LogP contribution in [0.15, 0.2) is 40.2 Å². The Bertz CT molecular complexity index is 418. The van der Waals surface area contributed by atoms with E-state index in [9.17, 15) is 0 Å². The third-order valence-corrected chi connectivity index (χ3v) is 4.29. The lowest BCUT2D eigenvalue weighted by molar-refractivity contribution is 0.192. The highest BCUT2D eigenvalue weighted by Crippen LogP contribution is 2.21. The zero-order chi connectivity index (χ0) is 16.0. The summed E-state index contributed by atoms with van der Waals surface area (Å²) in [7, 11) is 3.56. The number of aliphatic imine (C=N–C) groups is 1. The summed E-state index contributed by atoms with van der Waals surface area (Å²) in [6, 6.07) is 10.5. The molecule has 0 fully saturated rings. The molecule has 1 atom stereocenters. The summed E-state index contributed by atoms with van der Waals surface area (Å²) >= 11 is 1.87. The molecule has 0 heterocycles. The quantitative estimate of drug-likeness (QED) is 0.187. The highest BCUT2D eigenvalue weighted by Gasteiger charge is 2.05. The number of ether oxygens (including phenoxy) is 1. The first kappa shape index (κ1) is 22.5. The van der Waals surface area contributed by atoms with Gasteiger partial charge in [-0.2, -0.15) is 0 Å². The number of nitrogens with zero attached hydrogens (tertiary/aromatic N) is 1. The molecule has 1 rings (SSSR count). The fourth-order valence-corrected chi connectivity index (χ4v) is 2.93. The molecule has 1 aromatic carbocycles. The molecular formula is C17H30IN3OS. The number of guanidine groups is 1. The molecule has 1 unspecified atom stereocenters. The zero-order valence-corrected chi connectivity index (χ0v) is 17.5. The number of thioether (sulfide) groups is 1. The first-order chi connectivity index (χ1) is 10.8. The highest BCUT2D eigenvalue weighted by atomic mass is 127. The standard InChI is InChI=1S/C17H29N3OS.HI/c1-15(22-16-10-6-4-7-11-16)14-20-17(18-2)19-12-8-5-9-13-21-3;/h4,6-7,10-11,15H,5,8-9,12-14H2,1-3H3,(H2,18,19,20);1H. The number of hydrogen-bond donors (Lipinski definition) is 2. The number of halogens is 1. The number of benzene rings is 1. The van der Waals surface area contributed by atoms with E-state index in [1.54, 1.807) is 7.11 Å². The molecule has 0 amide bonds. The van der Waals surface area contributed by atoms with Crippen molar-refractivity contribution >= 4 is 41.7 Å². The number of methoxy groups -OCH3 is 1. The summed E-state index contributed by atoms with van der Waals surface area (Å²) in [5.41, 5.74) is 0. The number of unbranched alkanes of at least 4 members (excludes halogenated alkanes) is 2. The van der Waals surface area contributed by atoms with E-state index in [1.165, 1.54) is 11.3 Å². The van der Waals surface area contributed by atoms with E-state index in [2.05, 4.69) is 46.8 Å². The van der Waals surface area contributed by atoms with Gasteiger partial charge in [0.2, 0.25) is 0 Å². The van der Waals surface area contributed by atoms with Gasteiger partial charge in [0.05, 0.1) is 0 Å². The minimum absolute atomic E-state index is 0. The second-order valence-electron chi connectivity index (χ2n) is 5.17. The van der Waals surface area contributed by atoms with Crippen LogP contribution in [0.1, 0.15) is 26.2 Å². The van der Waals surface area contributed by atoms with Crippen LogP contribution in [-0.4, -0.2) is 45.1 Å². The molecule has 4 nitrogen and oxygen atoms in total. The molecule has 1 aromatic rings. The lowest BCUT2D eigenvalue weighted by Gasteiger charge is -2.16. The van der Waals surface area contributed by atoms with E-state index in [-0.39, 0.29) is 24.0 Å². The normalized spacial score (nSPS) is 12.4. The third kappa shape index (κ3) is 11.7. The van der Waals surface area contributed by atoms with Crippen molar-refractivity contribution in [3.05, 3.63) is 30.3 Å². The van der Waals surface area contributed by atoms with Crippen molar-refractivity contribution in [2.45, 2.75) is 36.3 Å². The molecule has 23 heavy (non-hydrogen) atoms. The van der Waals surface area contributed by atoms with Gasteiger partial charge in [0, 0.05) is 44.0 Å². The van der Waals surface area contributed by atoms with E-state index in [4.69, 9.17) is 4.74 Å². The average molecular weight is 451 g/mol. The topological polar surface area (TPSA) is 45.7 Å². The van der Waals surface area contributed by atoms with Crippen LogP contribution >= 0.6 is 35.7 Å². The predicted octanol–water partition coefficient (Wildman–Crippen LogP) is 3.77. The summed E-state index contributed by atoms with van der Waals surface area (Å²) in [4.78, 5) is 5.57. The fraction of sp³-hybridized carbons (Fsp3) is 0.588. The molecule has 0 aromatic heterocycles. The van der Waals surface area contributed by atoms with Gasteiger partial charge in [-0.05, 0) is 31.4 Å². The SMILES string of the molecule is CN=C(NCCCCCOC)NCC(C)Sc1ccccc1.I.